The van der Waals surface area contributed by atoms with Crippen molar-refractivity contribution in [1.82, 2.24) is 9.97 Å². The van der Waals surface area contributed by atoms with Crippen LogP contribution in [0.5, 0.6) is 5.75 Å². The number of aliphatic hydroxyl groups is 3. The molecule has 2 aromatic heterocycles. The Morgan fingerprint density at radius 2 is 1.96 bits per heavy atom. The number of ether oxygens (including phenoxy) is 1. The molecule has 3 N–H and O–H groups in total. The maximum atomic E-state index is 13.1. The average molecular weight is 338 g/mol. The summed E-state index contributed by atoms with van der Waals surface area (Å²) in [6, 6.07) is 6.23. The number of aliphatic hydroxyl groups excluding tert-OH is 3. The monoisotopic (exact) mass is 338 g/mol. The molecule has 0 bridgehead atoms. The molecule has 6 nitrogen and oxygen atoms in total. The van der Waals surface area contributed by atoms with Gasteiger partial charge in [-0.1, -0.05) is 0 Å². The molecule has 3 heterocycles. The predicted octanol–water partition coefficient (Wildman–Crippen LogP) is 0.817. The van der Waals surface area contributed by atoms with Crippen molar-refractivity contribution in [1.29, 1.82) is 0 Å². The fraction of sp³-hybridized carbons (Fsp3) is 0.333. The Kier molecular flexibility index (Phi) is 4.76. The van der Waals surface area contributed by atoms with Crippen molar-refractivity contribution >= 4 is 11.8 Å². The molecule has 0 aliphatic carbocycles. The summed E-state index contributed by atoms with van der Waals surface area (Å²) >= 11 is 1.21. The SMILES string of the molecule is O[C@@H]1[C@@H](O)[C@H](Oc2ccc(-c3ccnc(F)c3)nc2)SC[C@H]1O. The van der Waals surface area contributed by atoms with E-state index >= 15 is 0 Å². The minimum Gasteiger partial charge on any atom is -0.475 e. The maximum absolute atomic E-state index is 13.1. The van der Waals surface area contributed by atoms with Crippen LogP contribution in [0, 0.1) is 5.95 Å². The van der Waals surface area contributed by atoms with E-state index in [0.29, 0.717) is 17.0 Å². The van der Waals surface area contributed by atoms with E-state index in [1.807, 2.05) is 0 Å². The van der Waals surface area contributed by atoms with Crippen molar-refractivity contribution in [3.8, 4) is 17.0 Å². The molecule has 0 unspecified atom stereocenters. The summed E-state index contributed by atoms with van der Waals surface area (Å²) in [6.45, 7) is 0. The third kappa shape index (κ3) is 3.61. The highest BCUT2D eigenvalue weighted by molar-refractivity contribution is 7.99. The summed E-state index contributed by atoms with van der Waals surface area (Å²) in [5, 5.41) is 29.1. The van der Waals surface area contributed by atoms with E-state index in [1.165, 1.54) is 30.2 Å². The molecule has 1 saturated heterocycles. The molecule has 1 aliphatic heterocycles. The van der Waals surface area contributed by atoms with E-state index in [-0.39, 0.29) is 5.75 Å². The fourth-order valence-electron chi connectivity index (χ4n) is 2.20. The van der Waals surface area contributed by atoms with E-state index in [2.05, 4.69) is 9.97 Å². The van der Waals surface area contributed by atoms with Crippen LogP contribution in [0.25, 0.3) is 11.3 Å². The normalized spacial score (nSPS) is 27.7. The van der Waals surface area contributed by atoms with Crippen molar-refractivity contribution in [3.05, 3.63) is 42.6 Å². The number of pyridine rings is 2. The van der Waals surface area contributed by atoms with E-state index < -0.39 is 29.7 Å². The third-order valence-electron chi connectivity index (χ3n) is 3.47. The van der Waals surface area contributed by atoms with E-state index in [1.54, 1.807) is 18.2 Å². The Bertz CT molecular complexity index is 673. The second-order valence-corrected chi connectivity index (χ2v) is 6.25. The zero-order valence-electron chi connectivity index (χ0n) is 11.9. The summed E-state index contributed by atoms with van der Waals surface area (Å²) in [5.74, 6) is 0.0901. The van der Waals surface area contributed by atoms with Crippen LogP contribution >= 0.6 is 11.8 Å². The van der Waals surface area contributed by atoms with Crippen LogP contribution in [-0.4, -0.2) is 54.8 Å². The Morgan fingerprint density at radius 3 is 2.65 bits per heavy atom. The molecule has 0 amide bonds. The average Bonchev–Trinajstić information content (AvgIpc) is 2.56. The summed E-state index contributed by atoms with van der Waals surface area (Å²) in [7, 11) is 0. The van der Waals surface area contributed by atoms with Crippen LogP contribution in [0.2, 0.25) is 0 Å². The largest absolute Gasteiger partial charge is 0.475 e. The fourth-order valence-corrected chi connectivity index (χ4v) is 3.32. The second kappa shape index (κ2) is 6.79. The Balaban J connectivity index is 1.70. The van der Waals surface area contributed by atoms with Gasteiger partial charge in [-0.15, -0.1) is 11.8 Å². The van der Waals surface area contributed by atoms with Gasteiger partial charge in [-0.05, 0) is 18.2 Å². The molecule has 122 valence electrons. The minimum absolute atomic E-state index is 0.269. The Labute approximate surface area is 136 Å². The van der Waals surface area contributed by atoms with E-state index in [0.717, 1.165) is 0 Å². The molecule has 1 fully saturated rings. The smallest absolute Gasteiger partial charge is 0.213 e. The Hall–Kier alpha value is -1.74. The molecule has 0 aromatic carbocycles. The number of rotatable bonds is 3. The number of halogens is 1. The predicted molar refractivity (Wildman–Crippen MR) is 82.3 cm³/mol. The third-order valence-corrected chi connectivity index (χ3v) is 4.70. The lowest BCUT2D eigenvalue weighted by molar-refractivity contribution is -0.0786. The van der Waals surface area contributed by atoms with Crippen molar-refractivity contribution < 1.29 is 24.4 Å². The lowest BCUT2D eigenvalue weighted by Gasteiger charge is -2.34. The molecule has 0 spiro atoms. The van der Waals surface area contributed by atoms with Crippen LogP contribution in [0.1, 0.15) is 0 Å². The van der Waals surface area contributed by atoms with Crippen molar-refractivity contribution in [2.45, 2.75) is 23.7 Å². The quantitative estimate of drug-likeness (QED) is 0.713. The first-order valence-electron chi connectivity index (χ1n) is 6.95. The number of hydrogen-bond donors (Lipinski definition) is 3. The highest BCUT2D eigenvalue weighted by Crippen LogP contribution is 2.29. The summed E-state index contributed by atoms with van der Waals surface area (Å²) in [6.07, 6.45) is -0.598. The molecule has 0 saturated carbocycles. The number of nitrogens with zero attached hydrogens (tertiary/aromatic N) is 2. The lowest BCUT2D eigenvalue weighted by atomic mass is 10.1. The van der Waals surface area contributed by atoms with Crippen molar-refractivity contribution in [3.63, 3.8) is 0 Å². The minimum atomic E-state index is -1.24. The highest BCUT2D eigenvalue weighted by Gasteiger charge is 2.38. The van der Waals surface area contributed by atoms with Crippen LogP contribution in [-0.2, 0) is 0 Å². The number of aromatic nitrogens is 2. The van der Waals surface area contributed by atoms with Crippen molar-refractivity contribution in [2.75, 3.05) is 5.75 Å². The standard InChI is InChI=1S/C15H15FN2O4S/c16-12-5-8(3-4-17-12)10-2-1-9(6-18-10)22-15-14(21)13(20)11(19)7-23-15/h1-6,11,13-15,19-21H,7H2/t11-,13+,14-,15-/m1/s1. The summed E-state index contributed by atoms with van der Waals surface area (Å²) < 4.78 is 18.7. The summed E-state index contributed by atoms with van der Waals surface area (Å²) in [4.78, 5) is 7.68. The zero-order valence-corrected chi connectivity index (χ0v) is 12.7. The van der Waals surface area contributed by atoms with Gasteiger partial charge >= 0.3 is 0 Å². The highest BCUT2D eigenvalue weighted by atomic mass is 32.2. The molecule has 1 aliphatic rings. The molecule has 0 radical (unpaired) electrons. The van der Waals surface area contributed by atoms with Gasteiger partial charge in [-0.2, -0.15) is 4.39 Å². The van der Waals surface area contributed by atoms with Crippen LogP contribution < -0.4 is 4.74 Å². The number of thioether (sulfide) groups is 1. The second-order valence-electron chi connectivity index (χ2n) is 5.11. The molecular weight excluding hydrogens is 323 g/mol. The molecule has 2 aromatic rings. The Morgan fingerprint density at radius 1 is 1.13 bits per heavy atom. The topological polar surface area (TPSA) is 95.7 Å². The first-order valence-corrected chi connectivity index (χ1v) is 8.00. The van der Waals surface area contributed by atoms with Crippen LogP contribution in [0.4, 0.5) is 4.39 Å². The van der Waals surface area contributed by atoms with Gasteiger partial charge in [0.15, 0.2) is 5.44 Å². The molecule has 4 atom stereocenters. The van der Waals surface area contributed by atoms with Gasteiger partial charge in [0.1, 0.15) is 18.0 Å². The van der Waals surface area contributed by atoms with Crippen molar-refractivity contribution in [2.24, 2.45) is 0 Å². The number of hydrogen-bond acceptors (Lipinski definition) is 7. The maximum Gasteiger partial charge on any atom is 0.213 e. The molecule has 23 heavy (non-hydrogen) atoms. The van der Waals surface area contributed by atoms with Crippen LogP contribution in [0.15, 0.2) is 36.7 Å². The van der Waals surface area contributed by atoms with E-state index in [4.69, 9.17) is 4.74 Å². The van der Waals surface area contributed by atoms with Crippen LogP contribution in [0.3, 0.4) is 0 Å². The zero-order chi connectivity index (χ0) is 16.4. The van der Waals surface area contributed by atoms with Gasteiger partial charge in [0.2, 0.25) is 5.95 Å². The summed E-state index contributed by atoms with van der Waals surface area (Å²) in [5.41, 5.74) is 0.458. The molecular formula is C15H15FN2O4S. The molecule has 8 heteroatoms. The van der Waals surface area contributed by atoms with Gasteiger partial charge in [0.05, 0.1) is 18.0 Å². The van der Waals surface area contributed by atoms with E-state index in [9.17, 15) is 19.7 Å². The van der Waals surface area contributed by atoms with Gasteiger partial charge in [-0.25, -0.2) is 4.98 Å². The lowest BCUT2D eigenvalue weighted by Crippen LogP contribution is -2.50. The first kappa shape index (κ1) is 16.1. The van der Waals surface area contributed by atoms with Gasteiger partial charge in [-0.3, -0.25) is 4.98 Å². The van der Waals surface area contributed by atoms with Gasteiger partial charge < -0.3 is 20.1 Å². The van der Waals surface area contributed by atoms with Gasteiger partial charge in [0.25, 0.3) is 0 Å². The molecule has 3 rings (SSSR count). The first-order chi connectivity index (χ1) is 11.0. The van der Waals surface area contributed by atoms with Gasteiger partial charge in [0, 0.05) is 23.6 Å².